The first-order valence-corrected chi connectivity index (χ1v) is 8.82. The van der Waals surface area contributed by atoms with Crippen LogP contribution in [0.2, 0.25) is 0 Å². The van der Waals surface area contributed by atoms with Crippen LogP contribution >= 0.6 is 0 Å². The van der Waals surface area contributed by atoms with Crippen LogP contribution in [0, 0.1) is 28.6 Å². The Morgan fingerprint density at radius 3 is 2.70 bits per heavy atom. The molecule has 3 saturated carbocycles. The Kier molecular flexibility index (Phi) is 2.79. The van der Waals surface area contributed by atoms with E-state index in [2.05, 4.69) is 19.2 Å². The highest BCUT2D eigenvalue weighted by atomic mass is 16.1. The van der Waals surface area contributed by atoms with Gasteiger partial charge in [-0.15, -0.1) is 0 Å². The summed E-state index contributed by atoms with van der Waals surface area (Å²) < 4.78 is 0. The van der Waals surface area contributed by atoms with Crippen LogP contribution in [0.25, 0.3) is 0 Å². The lowest BCUT2D eigenvalue weighted by atomic mass is 9.48. The molecule has 0 bridgehead atoms. The molecule has 1 aliphatic heterocycles. The third kappa shape index (κ3) is 1.66. The first-order valence-electron chi connectivity index (χ1n) is 8.82. The molecule has 2 nitrogen and oxygen atoms in total. The monoisotopic (exact) mass is 275 g/mol. The third-order valence-electron chi connectivity index (χ3n) is 7.88. The van der Waals surface area contributed by atoms with Crippen LogP contribution in [0.1, 0.15) is 71.6 Å². The average molecular weight is 275 g/mol. The highest BCUT2D eigenvalue weighted by molar-refractivity contribution is 5.77. The molecule has 0 aromatic carbocycles. The molecule has 1 N–H and O–H groups in total. The van der Waals surface area contributed by atoms with E-state index in [0.717, 1.165) is 30.6 Å². The van der Waals surface area contributed by atoms with Crippen molar-refractivity contribution in [3.05, 3.63) is 0 Å². The zero-order valence-corrected chi connectivity index (χ0v) is 13.1. The molecule has 4 fully saturated rings. The zero-order chi connectivity index (χ0) is 14.0. The predicted molar refractivity (Wildman–Crippen MR) is 80.2 cm³/mol. The van der Waals surface area contributed by atoms with Crippen molar-refractivity contribution < 1.29 is 4.79 Å². The van der Waals surface area contributed by atoms with Gasteiger partial charge in [0.1, 0.15) is 0 Å². The van der Waals surface area contributed by atoms with Crippen molar-refractivity contribution in [2.45, 2.75) is 77.7 Å². The maximum Gasteiger partial charge on any atom is 0.220 e. The van der Waals surface area contributed by atoms with Gasteiger partial charge in [0.25, 0.3) is 0 Å². The molecule has 20 heavy (non-hydrogen) atoms. The van der Waals surface area contributed by atoms with Crippen LogP contribution in [0.5, 0.6) is 0 Å². The van der Waals surface area contributed by atoms with Crippen LogP contribution in [0.15, 0.2) is 0 Å². The van der Waals surface area contributed by atoms with Crippen LogP contribution < -0.4 is 5.32 Å². The number of carbonyl (C=O) groups is 1. The summed E-state index contributed by atoms with van der Waals surface area (Å²) in [6.45, 7) is 5.06. The summed E-state index contributed by atoms with van der Waals surface area (Å²) in [5.74, 6) is 3.11. The zero-order valence-electron chi connectivity index (χ0n) is 13.1. The Labute approximate surface area is 123 Å². The summed E-state index contributed by atoms with van der Waals surface area (Å²) in [5.41, 5.74) is 1.04. The predicted octanol–water partition coefficient (Wildman–Crippen LogP) is 3.90. The fraction of sp³-hybridized carbons (Fsp3) is 0.944. The van der Waals surface area contributed by atoms with Crippen LogP contribution in [0.3, 0.4) is 0 Å². The molecule has 1 unspecified atom stereocenters. The van der Waals surface area contributed by atoms with Gasteiger partial charge in [-0.3, -0.25) is 4.79 Å². The highest BCUT2D eigenvalue weighted by Crippen LogP contribution is 2.63. The van der Waals surface area contributed by atoms with E-state index in [9.17, 15) is 4.79 Å². The van der Waals surface area contributed by atoms with Crippen molar-refractivity contribution in [3.8, 4) is 0 Å². The summed E-state index contributed by atoms with van der Waals surface area (Å²) in [4.78, 5) is 11.7. The summed E-state index contributed by atoms with van der Waals surface area (Å²) in [6, 6.07) is 0.468. The van der Waals surface area contributed by atoms with Crippen molar-refractivity contribution in [2.24, 2.45) is 28.6 Å². The molecule has 4 aliphatic rings. The number of piperidine rings is 1. The minimum absolute atomic E-state index is 0.299. The minimum Gasteiger partial charge on any atom is -0.353 e. The first kappa shape index (κ1) is 13.2. The lowest BCUT2D eigenvalue weighted by molar-refractivity contribution is -0.135. The molecule has 0 aromatic heterocycles. The van der Waals surface area contributed by atoms with Gasteiger partial charge in [0, 0.05) is 12.5 Å². The second-order valence-corrected chi connectivity index (χ2v) is 8.67. The Morgan fingerprint density at radius 1 is 1.00 bits per heavy atom. The molecule has 2 heteroatoms. The van der Waals surface area contributed by atoms with E-state index in [1.54, 1.807) is 0 Å². The summed E-state index contributed by atoms with van der Waals surface area (Å²) in [7, 11) is 0. The highest BCUT2D eigenvalue weighted by Gasteiger charge is 2.57. The second-order valence-electron chi connectivity index (χ2n) is 8.67. The van der Waals surface area contributed by atoms with E-state index in [1.807, 2.05) is 0 Å². The fourth-order valence-corrected chi connectivity index (χ4v) is 6.70. The van der Waals surface area contributed by atoms with Gasteiger partial charge in [0.2, 0.25) is 5.91 Å². The summed E-state index contributed by atoms with van der Waals surface area (Å²) >= 11 is 0. The van der Waals surface area contributed by atoms with Gasteiger partial charge >= 0.3 is 0 Å². The van der Waals surface area contributed by atoms with Crippen LogP contribution in [-0.4, -0.2) is 11.9 Å². The summed E-state index contributed by atoms with van der Waals surface area (Å²) in [6.07, 6.45) is 11.8. The number of hydrogen-bond acceptors (Lipinski definition) is 1. The molecule has 0 spiro atoms. The SMILES string of the molecule is C[C@@]12CCC[C@H]1[C@@H]1CCC3NC(=O)CC[C@]3(C)[C@@H]1CC2. The van der Waals surface area contributed by atoms with Gasteiger partial charge in [0.05, 0.1) is 0 Å². The molecule has 4 rings (SSSR count). The molecule has 0 radical (unpaired) electrons. The van der Waals surface area contributed by atoms with Crippen LogP contribution in [0.4, 0.5) is 0 Å². The molecule has 1 saturated heterocycles. The van der Waals surface area contributed by atoms with Crippen LogP contribution in [-0.2, 0) is 4.79 Å². The topological polar surface area (TPSA) is 29.1 Å². The molecule has 1 heterocycles. The van der Waals surface area contributed by atoms with Crippen molar-refractivity contribution >= 4 is 5.91 Å². The molecular weight excluding hydrogens is 246 g/mol. The van der Waals surface area contributed by atoms with Crippen molar-refractivity contribution in [3.63, 3.8) is 0 Å². The van der Waals surface area contributed by atoms with E-state index in [4.69, 9.17) is 0 Å². The largest absolute Gasteiger partial charge is 0.353 e. The number of fused-ring (bicyclic) bond motifs is 5. The molecule has 1 amide bonds. The maximum absolute atomic E-state index is 11.7. The van der Waals surface area contributed by atoms with E-state index in [-0.39, 0.29) is 0 Å². The standard InChI is InChI=1S/C18H29NO/c1-17-9-3-4-13(17)12-5-6-15-18(2,14(12)7-10-17)11-8-16(20)19-15/h12-15H,3-11H2,1-2H3,(H,19,20)/t12-,13-,14+,15?,17-,18+/m0/s1. The average Bonchev–Trinajstić information content (AvgIpc) is 2.81. The summed E-state index contributed by atoms with van der Waals surface area (Å²) in [5, 5.41) is 3.32. The number of amides is 1. The fourth-order valence-electron chi connectivity index (χ4n) is 6.70. The Bertz CT molecular complexity index is 433. The third-order valence-corrected chi connectivity index (χ3v) is 7.88. The number of carbonyl (C=O) groups excluding carboxylic acids is 1. The number of rotatable bonds is 0. The van der Waals surface area contributed by atoms with E-state index >= 15 is 0 Å². The van der Waals surface area contributed by atoms with Crippen molar-refractivity contribution in [1.29, 1.82) is 0 Å². The number of hydrogen-bond donors (Lipinski definition) is 1. The van der Waals surface area contributed by atoms with Gasteiger partial charge in [-0.1, -0.05) is 20.3 Å². The normalized spacial score (nSPS) is 54.6. The maximum atomic E-state index is 11.7. The molecular formula is C18H29NO. The molecule has 112 valence electrons. The van der Waals surface area contributed by atoms with Gasteiger partial charge in [-0.05, 0) is 73.5 Å². The Morgan fingerprint density at radius 2 is 1.85 bits per heavy atom. The van der Waals surface area contributed by atoms with Gasteiger partial charge in [0.15, 0.2) is 0 Å². The van der Waals surface area contributed by atoms with Crippen molar-refractivity contribution in [1.82, 2.24) is 5.32 Å². The van der Waals surface area contributed by atoms with Crippen molar-refractivity contribution in [2.75, 3.05) is 0 Å². The molecule has 3 aliphatic carbocycles. The molecule has 6 atom stereocenters. The van der Waals surface area contributed by atoms with Gasteiger partial charge < -0.3 is 5.32 Å². The quantitative estimate of drug-likeness (QED) is 0.714. The number of nitrogens with one attached hydrogen (secondary N) is 1. The van der Waals surface area contributed by atoms with E-state index in [1.165, 1.54) is 44.9 Å². The second kappa shape index (κ2) is 4.24. The lowest BCUT2D eigenvalue weighted by Crippen LogP contribution is -2.60. The van der Waals surface area contributed by atoms with E-state index < -0.39 is 0 Å². The van der Waals surface area contributed by atoms with Gasteiger partial charge in [-0.25, -0.2) is 0 Å². The van der Waals surface area contributed by atoms with E-state index in [0.29, 0.717) is 22.8 Å². The molecule has 0 aromatic rings. The smallest absolute Gasteiger partial charge is 0.220 e. The Hall–Kier alpha value is -0.530. The van der Waals surface area contributed by atoms with Gasteiger partial charge in [-0.2, -0.15) is 0 Å². The Balaban J connectivity index is 1.64. The minimum atomic E-state index is 0.299. The first-order chi connectivity index (χ1) is 9.53. The lowest BCUT2D eigenvalue weighted by Gasteiger charge is -2.59.